The van der Waals surface area contributed by atoms with Crippen molar-refractivity contribution >= 4 is 23.3 Å². The molecule has 0 aromatic heterocycles. The molecule has 1 aliphatic heterocycles. The molecule has 1 aliphatic rings. The quantitative estimate of drug-likeness (QED) is 0.558. The zero-order valence-electron chi connectivity index (χ0n) is 15.8. The van der Waals surface area contributed by atoms with Crippen LogP contribution in [-0.4, -0.2) is 30.4 Å². The normalized spacial score (nSPS) is 16.8. The van der Waals surface area contributed by atoms with Gasteiger partial charge in [0.2, 0.25) is 0 Å². The van der Waals surface area contributed by atoms with Gasteiger partial charge in [-0.2, -0.15) is 0 Å². The standard InChI is InChI=1S/C19H26N2O4S/c1-6-23-14-9-8-13(10-15(14)24-7-2)17-16(18(22)25-11(3)4)12(5)20-19(26)21-17/h8-11,17H,6-7H2,1-5H3,(H2,20,21,26)/t17-/m0/s1. The number of carbonyl (C=O) groups is 1. The second kappa shape index (κ2) is 8.89. The molecule has 142 valence electrons. The van der Waals surface area contributed by atoms with Gasteiger partial charge in [0.25, 0.3) is 0 Å². The van der Waals surface area contributed by atoms with Crippen LogP contribution < -0.4 is 20.1 Å². The molecular formula is C19H26N2O4S. The van der Waals surface area contributed by atoms with Crippen molar-refractivity contribution in [3.8, 4) is 11.5 Å². The molecule has 0 radical (unpaired) electrons. The van der Waals surface area contributed by atoms with E-state index in [-0.39, 0.29) is 12.1 Å². The summed E-state index contributed by atoms with van der Waals surface area (Å²) < 4.78 is 16.7. The van der Waals surface area contributed by atoms with E-state index in [2.05, 4.69) is 10.6 Å². The molecule has 0 unspecified atom stereocenters. The average Bonchev–Trinajstić information content (AvgIpc) is 2.55. The van der Waals surface area contributed by atoms with Crippen molar-refractivity contribution in [3.05, 3.63) is 35.0 Å². The van der Waals surface area contributed by atoms with Crippen molar-refractivity contribution in [3.63, 3.8) is 0 Å². The van der Waals surface area contributed by atoms with E-state index in [4.69, 9.17) is 26.4 Å². The number of nitrogens with one attached hydrogen (secondary N) is 2. The molecule has 26 heavy (non-hydrogen) atoms. The maximum absolute atomic E-state index is 12.6. The van der Waals surface area contributed by atoms with Crippen molar-refractivity contribution in [2.45, 2.75) is 46.8 Å². The van der Waals surface area contributed by atoms with E-state index in [9.17, 15) is 4.79 Å². The Kier molecular flexibility index (Phi) is 6.85. The number of carbonyl (C=O) groups excluding carboxylic acids is 1. The van der Waals surface area contributed by atoms with Crippen molar-refractivity contribution < 1.29 is 19.0 Å². The lowest BCUT2D eigenvalue weighted by molar-refractivity contribution is -0.143. The molecule has 1 aromatic rings. The summed E-state index contributed by atoms with van der Waals surface area (Å²) in [5, 5.41) is 6.61. The van der Waals surface area contributed by atoms with Gasteiger partial charge in [0.1, 0.15) is 0 Å². The minimum absolute atomic E-state index is 0.211. The summed E-state index contributed by atoms with van der Waals surface area (Å²) in [5.74, 6) is 0.922. The third kappa shape index (κ3) is 4.66. The fourth-order valence-electron chi connectivity index (χ4n) is 2.74. The Balaban J connectivity index is 2.45. The van der Waals surface area contributed by atoms with Gasteiger partial charge in [-0.25, -0.2) is 4.79 Å². The molecule has 1 atom stereocenters. The van der Waals surface area contributed by atoms with Crippen molar-refractivity contribution in [2.24, 2.45) is 0 Å². The van der Waals surface area contributed by atoms with Gasteiger partial charge >= 0.3 is 5.97 Å². The highest BCUT2D eigenvalue weighted by Gasteiger charge is 2.32. The van der Waals surface area contributed by atoms with Crippen LogP contribution in [-0.2, 0) is 9.53 Å². The Bertz CT molecular complexity index is 715. The molecule has 2 rings (SSSR count). The molecule has 2 N–H and O–H groups in total. The highest BCUT2D eigenvalue weighted by molar-refractivity contribution is 7.80. The second-order valence-electron chi connectivity index (χ2n) is 6.10. The van der Waals surface area contributed by atoms with Gasteiger partial charge < -0.3 is 24.8 Å². The summed E-state index contributed by atoms with van der Waals surface area (Å²) in [6.07, 6.45) is -0.211. The molecule has 0 amide bonds. The summed E-state index contributed by atoms with van der Waals surface area (Å²) in [6, 6.07) is 5.19. The molecule has 1 heterocycles. The Labute approximate surface area is 159 Å². The number of hydrogen-bond acceptors (Lipinski definition) is 5. The van der Waals surface area contributed by atoms with Crippen molar-refractivity contribution in [2.75, 3.05) is 13.2 Å². The molecule has 0 spiro atoms. The van der Waals surface area contributed by atoms with Gasteiger partial charge in [-0.05, 0) is 64.5 Å². The van der Waals surface area contributed by atoms with E-state index >= 15 is 0 Å². The highest BCUT2D eigenvalue weighted by atomic mass is 32.1. The van der Waals surface area contributed by atoms with Crippen LogP contribution in [0.5, 0.6) is 11.5 Å². The number of esters is 1. The molecule has 0 aliphatic carbocycles. The zero-order chi connectivity index (χ0) is 19.3. The third-order valence-electron chi connectivity index (χ3n) is 3.73. The molecule has 0 saturated carbocycles. The number of ether oxygens (including phenoxy) is 3. The molecule has 7 heteroatoms. The van der Waals surface area contributed by atoms with Crippen LogP contribution in [0, 0.1) is 0 Å². The van der Waals surface area contributed by atoms with E-state index in [1.807, 2.05) is 52.8 Å². The van der Waals surface area contributed by atoms with Crippen molar-refractivity contribution in [1.82, 2.24) is 10.6 Å². The van der Waals surface area contributed by atoms with E-state index in [0.717, 1.165) is 5.56 Å². The van der Waals surface area contributed by atoms with E-state index in [0.29, 0.717) is 41.1 Å². The highest BCUT2D eigenvalue weighted by Crippen LogP contribution is 2.35. The van der Waals surface area contributed by atoms with Crippen LogP contribution in [0.2, 0.25) is 0 Å². The van der Waals surface area contributed by atoms with Crippen LogP contribution in [0.25, 0.3) is 0 Å². The lowest BCUT2D eigenvalue weighted by atomic mass is 9.95. The molecule has 0 fully saturated rings. The smallest absolute Gasteiger partial charge is 0.338 e. The van der Waals surface area contributed by atoms with Crippen LogP contribution in [0.4, 0.5) is 0 Å². The van der Waals surface area contributed by atoms with Gasteiger partial charge in [-0.15, -0.1) is 0 Å². The Hall–Kier alpha value is -2.28. The predicted molar refractivity (Wildman–Crippen MR) is 104 cm³/mol. The SMILES string of the molecule is CCOc1ccc([C@@H]2NC(=S)NC(C)=C2C(=O)OC(C)C)cc1OCC. The largest absolute Gasteiger partial charge is 0.490 e. The summed E-state index contributed by atoms with van der Waals surface area (Å²) >= 11 is 5.27. The van der Waals surface area contributed by atoms with Gasteiger partial charge in [-0.3, -0.25) is 0 Å². The van der Waals surface area contributed by atoms with E-state index < -0.39 is 6.04 Å². The first-order valence-corrected chi connectivity index (χ1v) is 9.16. The maximum atomic E-state index is 12.6. The fraction of sp³-hybridized carbons (Fsp3) is 0.474. The van der Waals surface area contributed by atoms with Gasteiger partial charge in [0.15, 0.2) is 16.6 Å². The topological polar surface area (TPSA) is 68.8 Å². The first kappa shape index (κ1) is 20.0. The first-order chi connectivity index (χ1) is 12.4. The average molecular weight is 378 g/mol. The second-order valence-corrected chi connectivity index (χ2v) is 6.50. The summed E-state index contributed by atoms with van der Waals surface area (Å²) in [6.45, 7) is 10.3. The number of allylic oxidation sites excluding steroid dienone is 1. The number of benzene rings is 1. The molecule has 0 saturated heterocycles. The van der Waals surface area contributed by atoms with Gasteiger partial charge in [0, 0.05) is 5.70 Å². The van der Waals surface area contributed by atoms with Crippen LogP contribution in [0.3, 0.4) is 0 Å². The van der Waals surface area contributed by atoms with Gasteiger partial charge in [-0.1, -0.05) is 6.07 Å². The Morgan fingerprint density at radius 2 is 1.85 bits per heavy atom. The van der Waals surface area contributed by atoms with E-state index in [1.165, 1.54) is 0 Å². The number of hydrogen-bond donors (Lipinski definition) is 2. The third-order valence-corrected chi connectivity index (χ3v) is 3.95. The minimum Gasteiger partial charge on any atom is -0.490 e. The maximum Gasteiger partial charge on any atom is 0.338 e. The molecule has 0 bridgehead atoms. The zero-order valence-corrected chi connectivity index (χ0v) is 16.7. The Morgan fingerprint density at radius 1 is 1.19 bits per heavy atom. The summed E-state index contributed by atoms with van der Waals surface area (Å²) in [4.78, 5) is 12.6. The summed E-state index contributed by atoms with van der Waals surface area (Å²) in [5.41, 5.74) is 2.02. The number of rotatable bonds is 7. The first-order valence-electron chi connectivity index (χ1n) is 8.76. The fourth-order valence-corrected chi connectivity index (χ4v) is 3.01. The van der Waals surface area contributed by atoms with Crippen LogP contribution >= 0.6 is 12.2 Å². The lowest BCUT2D eigenvalue weighted by Crippen LogP contribution is -2.45. The predicted octanol–water partition coefficient (Wildman–Crippen LogP) is 3.23. The molecule has 1 aromatic carbocycles. The molecular weight excluding hydrogens is 352 g/mol. The van der Waals surface area contributed by atoms with Crippen LogP contribution in [0.15, 0.2) is 29.5 Å². The van der Waals surface area contributed by atoms with Gasteiger partial charge in [0.05, 0.1) is 30.9 Å². The van der Waals surface area contributed by atoms with E-state index in [1.54, 1.807) is 0 Å². The Morgan fingerprint density at radius 3 is 2.46 bits per heavy atom. The number of thiocarbonyl (C=S) groups is 1. The summed E-state index contributed by atoms with van der Waals surface area (Å²) in [7, 11) is 0. The van der Waals surface area contributed by atoms with Crippen molar-refractivity contribution in [1.29, 1.82) is 0 Å². The van der Waals surface area contributed by atoms with Crippen LogP contribution in [0.1, 0.15) is 46.2 Å². The molecule has 6 nitrogen and oxygen atoms in total. The monoisotopic (exact) mass is 378 g/mol. The lowest BCUT2D eigenvalue weighted by Gasteiger charge is -2.30. The minimum atomic E-state index is -0.426.